The number of rotatable bonds is 5. The molecular weight excluding hydrogens is 364 g/mol. The first-order valence-corrected chi connectivity index (χ1v) is 9.69. The van der Waals surface area contributed by atoms with Crippen molar-refractivity contribution in [3.63, 3.8) is 0 Å². The molecule has 144 valence electrons. The van der Waals surface area contributed by atoms with Crippen LogP contribution < -0.4 is 20.1 Å². The predicted molar refractivity (Wildman–Crippen MR) is 106 cm³/mol. The Bertz CT molecular complexity index is 853. The molecule has 2 N–H and O–H groups in total. The van der Waals surface area contributed by atoms with E-state index in [4.69, 9.17) is 9.47 Å². The van der Waals surface area contributed by atoms with Gasteiger partial charge in [0, 0.05) is 23.6 Å². The molecule has 7 heteroatoms. The van der Waals surface area contributed by atoms with Crippen LogP contribution in [0.1, 0.15) is 44.5 Å². The molecule has 0 spiro atoms. The molecule has 1 aromatic carbocycles. The molecule has 0 bridgehead atoms. The van der Waals surface area contributed by atoms with E-state index in [2.05, 4.69) is 17.6 Å². The third kappa shape index (κ3) is 3.93. The summed E-state index contributed by atoms with van der Waals surface area (Å²) in [6, 6.07) is 5.00. The molecule has 2 amide bonds. The van der Waals surface area contributed by atoms with Crippen LogP contribution >= 0.6 is 11.3 Å². The smallest absolute Gasteiger partial charge is 0.256 e. The number of ether oxygens (including phenoxy) is 2. The molecule has 27 heavy (non-hydrogen) atoms. The average molecular weight is 388 g/mol. The van der Waals surface area contributed by atoms with Crippen molar-refractivity contribution in [3.8, 4) is 11.5 Å². The fraction of sp³-hybridized carbons (Fsp3) is 0.400. The van der Waals surface area contributed by atoms with Gasteiger partial charge in [-0.2, -0.15) is 0 Å². The normalized spacial score (nSPS) is 15.6. The third-order valence-electron chi connectivity index (χ3n) is 4.81. The number of methoxy groups -OCH3 is 2. The zero-order valence-electron chi connectivity index (χ0n) is 16.0. The molecule has 0 aliphatic heterocycles. The molecule has 0 unspecified atom stereocenters. The van der Waals surface area contributed by atoms with Crippen LogP contribution in [0.15, 0.2) is 18.2 Å². The maximum atomic E-state index is 12.8. The number of nitrogens with one attached hydrogen (secondary N) is 2. The lowest BCUT2D eigenvalue weighted by Gasteiger charge is -2.18. The lowest BCUT2D eigenvalue weighted by Crippen LogP contribution is -2.22. The van der Waals surface area contributed by atoms with E-state index >= 15 is 0 Å². The fourth-order valence-electron chi connectivity index (χ4n) is 3.32. The van der Waals surface area contributed by atoms with Crippen LogP contribution in [0.25, 0.3) is 0 Å². The molecular formula is C20H24N2O4S. The van der Waals surface area contributed by atoms with Gasteiger partial charge >= 0.3 is 0 Å². The Morgan fingerprint density at radius 3 is 2.37 bits per heavy atom. The number of amides is 2. The van der Waals surface area contributed by atoms with Crippen molar-refractivity contribution in [2.24, 2.45) is 5.92 Å². The summed E-state index contributed by atoms with van der Waals surface area (Å²) in [5, 5.41) is 6.22. The third-order valence-corrected chi connectivity index (χ3v) is 5.98. The number of carbonyl (C=O) groups excluding carboxylic acids is 2. The predicted octanol–water partition coefficient (Wildman–Crippen LogP) is 3.50. The summed E-state index contributed by atoms with van der Waals surface area (Å²) in [4.78, 5) is 26.5. The summed E-state index contributed by atoms with van der Waals surface area (Å²) in [5.41, 5.74) is 2.07. The summed E-state index contributed by atoms with van der Waals surface area (Å²) >= 11 is 1.50. The minimum atomic E-state index is -0.302. The zero-order chi connectivity index (χ0) is 19.6. The summed E-state index contributed by atoms with van der Waals surface area (Å²) < 4.78 is 10.5. The number of hydrogen-bond donors (Lipinski definition) is 2. The molecule has 3 rings (SSSR count). The number of thiophene rings is 1. The van der Waals surface area contributed by atoms with E-state index in [1.807, 2.05) is 0 Å². The largest absolute Gasteiger partial charge is 0.497 e. The lowest BCUT2D eigenvalue weighted by atomic mass is 9.88. The SMILES string of the molecule is CNC(=O)c1c(NC(=O)c2cc(OC)cc(OC)c2)sc2c1CC[C@@H](C)C2. The van der Waals surface area contributed by atoms with Gasteiger partial charge in [-0.1, -0.05) is 6.92 Å². The van der Waals surface area contributed by atoms with Crippen LogP contribution in [-0.2, 0) is 12.8 Å². The Morgan fingerprint density at radius 2 is 1.78 bits per heavy atom. The number of hydrogen-bond acceptors (Lipinski definition) is 5. The highest BCUT2D eigenvalue weighted by atomic mass is 32.1. The zero-order valence-corrected chi connectivity index (χ0v) is 16.8. The van der Waals surface area contributed by atoms with E-state index in [0.29, 0.717) is 33.5 Å². The first kappa shape index (κ1) is 19.2. The number of fused-ring (bicyclic) bond motifs is 1. The topological polar surface area (TPSA) is 76.7 Å². The monoisotopic (exact) mass is 388 g/mol. The molecule has 1 aromatic heterocycles. The van der Waals surface area contributed by atoms with Gasteiger partial charge in [-0.25, -0.2) is 0 Å². The van der Waals surface area contributed by atoms with Crippen molar-refractivity contribution in [2.75, 3.05) is 26.6 Å². The minimum Gasteiger partial charge on any atom is -0.497 e. The number of benzene rings is 1. The lowest BCUT2D eigenvalue weighted by molar-refractivity contribution is 0.0963. The quantitative estimate of drug-likeness (QED) is 0.822. The van der Waals surface area contributed by atoms with Crippen LogP contribution in [0.3, 0.4) is 0 Å². The van der Waals surface area contributed by atoms with E-state index < -0.39 is 0 Å². The second kappa shape index (κ2) is 8.00. The molecule has 0 saturated heterocycles. The molecule has 1 aliphatic carbocycles. The Kier molecular flexibility index (Phi) is 5.70. The summed E-state index contributed by atoms with van der Waals surface area (Å²) in [5.74, 6) is 1.18. The van der Waals surface area contributed by atoms with E-state index in [1.165, 1.54) is 30.4 Å². The van der Waals surface area contributed by atoms with Crippen molar-refractivity contribution < 1.29 is 19.1 Å². The number of carbonyl (C=O) groups is 2. The van der Waals surface area contributed by atoms with Crippen molar-refractivity contribution in [3.05, 3.63) is 39.8 Å². The highest BCUT2D eigenvalue weighted by molar-refractivity contribution is 7.17. The maximum absolute atomic E-state index is 12.8. The van der Waals surface area contributed by atoms with Gasteiger partial charge in [-0.3, -0.25) is 9.59 Å². The van der Waals surface area contributed by atoms with Gasteiger partial charge in [-0.05, 0) is 42.9 Å². The summed E-state index contributed by atoms with van der Waals surface area (Å²) in [6.45, 7) is 2.21. The second-order valence-corrected chi connectivity index (χ2v) is 7.80. The van der Waals surface area contributed by atoms with Gasteiger partial charge in [0.1, 0.15) is 16.5 Å². The Hall–Kier alpha value is -2.54. The van der Waals surface area contributed by atoms with Gasteiger partial charge in [0.05, 0.1) is 19.8 Å². The average Bonchev–Trinajstić information content (AvgIpc) is 3.03. The molecule has 6 nitrogen and oxygen atoms in total. The Balaban J connectivity index is 1.95. The van der Waals surface area contributed by atoms with Crippen LogP contribution in [0.5, 0.6) is 11.5 Å². The molecule has 1 aliphatic rings. The highest BCUT2D eigenvalue weighted by Gasteiger charge is 2.28. The van der Waals surface area contributed by atoms with Crippen LogP contribution in [0, 0.1) is 5.92 Å². The van der Waals surface area contributed by atoms with Gasteiger partial charge in [0.15, 0.2) is 0 Å². The van der Waals surface area contributed by atoms with E-state index in [9.17, 15) is 9.59 Å². The van der Waals surface area contributed by atoms with Crippen molar-refractivity contribution in [1.29, 1.82) is 0 Å². The van der Waals surface area contributed by atoms with Crippen LogP contribution in [0.4, 0.5) is 5.00 Å². The minimum absolute atomic E-state index is 0.166. The van der Waals surface area contributed by atoms with Crippen LogP contribution in [0.2, 0.25) is 0 Å². The van der Waals surface area contributed by atoms with Crippen molar-refractivity contribution >= 4 is 28.2 Å². The standard InChI is InChI=1S/C20H24N2O4S/c1-11-5-6-15-16(7-11)27-20(17(15)19(24)21-2)22-18(23)12-8-13(25-3)10-14(9-12)26-4/h8-11H,5-7H2,1-4H3,(H,21,24)(H,22,23)/t11-/m1/s1. The van der Waals surface area contributed by atoms with Gasteiger partial charge < -0.3 is 20.1 Å². The van der Waals surface area contributed by atoms with Crippen molar-refractivity contribution in [1.82, 2.24) is 5.32 Å². The van der Waals surface area contributed by atoms with Crippen molar-refractivity contribution in [2.45, 2.75) is 26.2 Å². The molecule has 2 aromatic rings. The molecule has 0 radical (unpaired) electrons. The highest BCUT2D eigenvalue weighted by Crippen LogP contribution is 2.40. The summed E-state index contributed by atoms with van der Waals surface area (Å²) in [7, 11) is 4.68. The first-order chi connectivity index (χ1) is 13.0. The second-order valence-electron chi connectivity index (χ2n) is 6.69. The maximum Gasteiger partial charge on any atom is 0.256 e. The molecule has 0 saturated carbocycles. The number of anilines is 1. The van der Waals surface area contributed by atoms with E-state index in [1.54, 1.807) is 25.2 Å². The summed E-state index contributed by atoms with van der Waals surface area (Å²) in [6.07, 6.45) is 2.85. The first-order valence-electron chi connectivity index (χ1n) is 8.87. The van der Waals surface area contributed by atoms with Gasteiger partial charge in [0.25, 0.3) is 11.8 Å². The Morgan fingerprint density at radius 1 is 1.11 bits per heavy atom. The van der Waals surface area contributed by atoms with E-state index in [0.717, 1.165) is 24.8 Å². The Labute approximate surface area is 162 Å². The van der Waals surface area contributed by atoms with Gasteiger partial charge in [-0.15, -0.1) is 11.3 Å². The molecule has 1 atom stereocenters. The fourth-order valence-corrected chi connectivity index (χ4v) is 4.72. The molecule has 0 fully saturated rings. The van der Waals surface area contributed by atoms with Crippen LogP contribution in [-0.4, -0.2) is 33.1 Å². The molecule has 1 heterocycles. The van der Waals surface area contributed by atoms with E-state index in [-0.39, 0.29) is 11.8 Å². The van der Waals surface area contributed by atoms with Gasteiger partial charge in [0.2, 0.25) is 0 Å².